The quantitative estimate of drug-likeness (QED) is 0.662. The van der Waals surface area contributed by atoms with Crippen molar-refractivity contribution in [2.24, 2.45) is 5.73 Å². The van der Waals surface area contributed by atoms with Crippen molar-refractivity contribution in [3.05, 3.63) is 35.6 Å². The van der Waals surface area contributed by atoms with Crippen molar-refractivity contribution >= 4 is 5.97 Å². The maximum absolute atomic E-state index is 13.3. The molecule has 0 radical (unpaired) electrons. The van der Waals surface area contributed by atoms with Gasteiger partial charge in [-0.2, -0.15) is 0 Å². The molecule has 19 heavy (non-hydrogen) atoms. The Bertz CT molecular complexity index is 424. The van der Waals surface area contributed by atoms with Crippen LogP contribution in [0, 0.1) is 5.82 Å². The Balaban J connectivity index is 3.08. The number of halogens is 4. The number of nitrogens with two attached hydrogens (primary N) is 1. The van der Waals surface area contributed by atoms with Crippen LogP contribution < -0.4 is 5.73 Å². The zero-order chi connectivity index (χ0) is 14.6. The number of methoxy groups -OCH3 is 1. The third-order valence-electron chi connectivity index (χ3n) is 2.68. The Morgan fingerprint density at radius 3 is 2.16 bits per heavy atom. The molecule has 0 spiro atoms. The molecule has 0 saturated carbocycles. The molecule has 1 aromatic carbocycles. The lowest BCUT2D eigenvalue weighted by molar-refractivity contribution is -0.144. The summed E-state index contributed by atoms with van der Waals surface area (Å²) in [5, 5.41) is 0. The molecule has 0 amide bonds. The van der Waals surface area contributed by atoms with Gasteiger partial charge in [-0.1, -0.05) is 12.1 Å². The maximum Gasteiger partial charge on any atom is 0.314 e. The molecule has 0 bridgehead atoms. The molecule has 0 saturated heterocycles. The Morgan fingerprint density at radius 1 is 1.21 bits per heavy atom. The number of hydrogen-bond acceptors (Lipinski definition) is 3. The minimum absolute atomic E-state index is 0.115. The summed E-state index contributed by atoms with van der Waals surface area (Å²) in [5.41, 5.74) is 5.47. The number of benzene rings is 1. The first-order valence-electron chi connectivity index (χ1n) is 5.39. The highest BCUT2D eigenvalue weighted by molar-refractivity contribution is 5.79. The Hall–Kier alpha value is -1.63. The van der Waals surface area contributed by atoms with E-state index in [0.717, 1.165) is 19.2 Å². The first kappa shape index (κ1) is 15.4. The average molecular weight is 279 g/mol. The van der Waals surface area contributed by atoms with Crippen molar-refractivity contribution in [1.82, 2.24) is 0 Å². The number of ether oxygens (including phenoxy) is 1. The lowest BCUT2D eigenvalue weighted by atomic mass is 9.89. The highest BCUT2D eigenvalue weighted by atomic mass is 19.3. The monoisotopic (exact) mass is 279 g/mol. The molecular weight excluding hydrogens is 266 g/mol. The van der Waals surface area contributed by atoms with Crippen LogP contribution >= 0.6 is 0 Å². The summed E-state index contributed by atoms with van der Waals surface area (Å²) in [5.74, 6) is -2.95. The Morgan fingerprint density at radius 2 is 1.74 bits per heavy atom. The fourth-order valence-corrected chi connectivity index (χ4v) is 1.66. The molecule has 0 aliphatic rings. The topological polar surface area (TPSA) is 52.3 Å². The number of rotatable bonds is 5. The first-order valence-corrected chi connectivity index (χ1v) is 5.39. The fourth-order valence-electron chi connectivity index (χ4n) is 1.66. The third kappa shape index (κ3) is 3.66. The van der Waals surface area contributed by atoms with E-state index in [1.165, 1.54) is 12.1 Å². The van der Waals surface area contributed by atoms with Crippen LogP contribution in [0.25, 0.3) is 0 Å². The van der Waals surface area contributed by atoms with Gasteiger partial charge >= 0.3 is 5.97 Å². The van der Waals surface area contributed by atoms with Crippen molar-refractivity contribution < 1.29 is 27.1 Å². The van der Waals surface area contributed by atoms with E-state index >= 15 is 0 Å². The van der Waals surface area contributed by atoms with E-state index in [1.807, 2.05) is 0 Å². The van der Waals surface area contributed by atoms with Crippen molar-refractivity contribution in [2.75, 3.05) is 7.11 Å². The number of hydrogen-bond donors (Lipinski definition) is 1. The average Bonchev–Trinajstić information content (AvgIpc) is 2.39. The smallest absolute Gasteiger partial charge is 0.314 e. The molecule has 0 aliphatic carbocycles. The minimum Gasteiger partial charge on any atom is -0.469 e. The van der Waals surface area contributed by atoms with Gasteiger partial charge in [-0.05, 0) is 17.7 Å². The molecule has 3 nitrogen and oxygen atoms in total. The largest absolute Gasteiger partial charge is 0.469 e. The molecule has 7 heteroatoms. The summed E-state index contributed by atoms with van der Waals surface area (Å²) in [6.45, 7) is 0. The van der Waals surface area contributed by atoms with E-state index in [2.05, 4.69) is 4.74 Å². The van der Waals surface area contributed by atoms with Gasteiger partial charge in [-0.15, -0.1) is 0 Å². The molecule has 0 aliphatic heterocycles. The van der Waals surface area contributed by atoms with Gasteiger partial charge in [0.15, 0.2) is 6.17 Å². The molecule has 1 aromatic rings. The van der Waals surface area contributed by atoms with Crippen molar-refractivity contribution in [2.45, 2.75) is 24.6 Å². The number of alkyl halides is 3. The molecular formula is C12H13F4NO2. The van der Waals surface area contributed by atoms with Crippen LogP contribution in [0.3, 0.4) is 0 Å². The van der Waals surface area contributed by atoms with E-state index in [1.54, 1.807) is 0 Å². The molecule has 0 fully saturated rings. The zero-order valence-corrected chi connectivity index (χ0v) is 10.0. The van der Waals surface area contributed by atoms with Crippen LogP contribution in [0.5, 0.6) is 0 Å². The predicted octanol–water partition coefficient (Wildman–Crippen LogP) is 2.01. The number of carbonyl (C=O) groups is 1. The second kappa shape index (κ2) is 6.51. The first-order chi connectivity index (χ1) is 8.88. The summed E-state index contributed by atoms with van der Waals surface area (Å²) >= 11 is 0. The van der Waals surface area contributed by atoms with Crippen LogP contribution in [0.2, 0.25) is 0 Å². The van der Waals surface area contributed by atoms with Gasteiger partial charge in [0, 0.05) is 0 Å². The van der Waals surface area contributed by atoms with Gasteiger partial charge in [-0.3, -0.25) is 4.79 Å². The van der Waals surface area contributed by atoms with Gasteiger partial charge in [0.05, 0.1) is 19.1 Å². The fraction of sp³-hybridized carbons (Fsp3) is 0.417. The van der Waals surface area contributed by atoms with Gasteiger partial charge in [0.2, 0.25) is 0 Å². The van der Waals surface area contributed by atoms with Gasteiger partial charge < -0.3 is 10.5 Å². The maximum atomic E-state index is 13.3. The molecule has 1 rings (SSSR count). The predicted molar refractivity (Wildman–Crippen MR) is 60.0 cm³/mol. The number of carbonyl (C=O) groups excluding carboxylic acids is 1. The summed E-state index contributed by atoms with van der Waals surface area (Å²) in [6, 6.07) is 2.61. The van der Waals surface area contributed by atoms with Crippen LogP contribution in [0.4, 0.5) is 17.6 Å². The summed E-state index contributed by atoms with van der Waals surface area (Å²) in [7, 11) is 1.03. The second-order valence-electron chi connectivity index (χ2n) is 3.91. The van der Waals surface area contributed by atoms with E-state index in [0.29, 0.717) is 0 Å². The Labute approximate surface area is 107 Å². The van der Waals surface area contributed by atoms with Crippen LogP contribution in [-0.4, -0.2) is 31.7 Å². The highest BCUT2D eigenvalue weighted by Crippen LogP contribution is 2.26. The molecule has 106 valence electrons. The summed E-state index contributed by atoms with van der Waals surface area (Å²) in [4.78, 5) is 11.6. The normalized spacial score (nSPS) is 15.9. The standard InChI is InChI=1S/C12H13F4NO2/c1-19-12(18)8(10(17)9(14)11(15)16)6-2-4-7(13)5-3-6/h2-5,8-11H,17H2,1H3. The van der Waals surface area contributed by atoms with Gasteiger partial charge in [0.25, 0.3) is 6.43 Å². The molecule has 0 aromatic heterocycles. The van der Waals surface area contributed by atoms with Crippen molar-refractivity contribution in [3.8, 4) is 0 Å². The SMILES string of the molecule is COC(=O)C(c1ccc(F)cc1)C(N)C(F)C(F)F. The van der Waals surface area contributed by atoms with E-state index in [9.17, 15) is 22.4 Å². The van der Waals surface area contributed by atoms with Crippen molar-refractivity contribution in [1.29, 1.82) is 0 Å². The van der Waals surface area contributed by atoms with Crippen molar-refractivity contribution in [3.63, 3.8) is 0 Å². The van der Waals surface area contributed by atoms with Gasteiger partial charge in [-0.25, -0.2) is 17.6 Å². The zero-order valence-electron chi connectivity index (χ0n) is 10.0. The molecule has 3 unspecified atom stereocenters. The van der Waals surface area contributed by atoms with E-state index in [-0.39, 0.29) is 5.56 Å². The molecule has 3 atom stereocenters. The van der Waals surface area contributed by atoms with Crippen LogP contribution in [0.15, 0.2) is 24.3 Å². The molecule has 0 heterocycles. The minimum atomic E-state index is -3.32. The molecule has 2 N–H and O–H groups in total. The van der Waals surface area contributed by atoms with Crippen LogP contribution in [0.1, 0.15) is 11.5 Å². The summed E-state index contributed by atoms with van der Waals surface area (Å²) < 4.78 is 55.1. The lowest BCUT2D eigenvalue weighted by Crippen LogP contribution is -2.44. The Kier molecular flexibility index (Phi) is 5.29. The third-order valence-corrected chi connectivity index (χ3v) is 2.68. The second-order valence-corrected chi connectivity index (χ2v) is 3.91. The number of esters is 1. The lowest BCUT2D eigenvalue weighted by Gasteiger charge is -2.24. The van der Waals surface area contributed by atoms with E-state index in [4.69, 9.17) is 5.73 Å². The van der Waals surface area contributed by atoms with Gasteiger partial charge in [0.1, 0.15) is 5.82 Å². The highest BCUT2D eigenvalue weighted by Gasteiger charge is 2.38. The van der Waals surface area contributed by atoms with E-state index < -0.39 is 36.3 Å². The van der Waals surface area contributed by atoms with Crippen LogP contribution in [-0.2, 0) is 9.53 Å². The summed E-state index contributed by atoms with van der Waals surface area (Å²) in [6.07, 6.45) is -6.00.